The summed E-state index contributed by atoms with van der Waals surface area (Å²) in [7, 11) is 1.61. The molecule has 1 aromatic carbocycles. The van der Waals surface area contributed by atoms with Gasteiger partial charge in [0.25, 0.3) is 5.91 Å². The monoisotopic (exact) mass is 275 g/mol. The number of fused-ring (bicyclic) bond motifs is 1. The van der Waals surface area contributed by atoms with Gasteiger partial charge in [-0.3, -0.25) is 9.69 Å². The number of carbonyl (C=O) groups is 2. The molecule has 0 aromatic heterocycles. The van der Waals surface area contributed by atoms with Gasteiger partial charge in [0, 0.05) is 31.4 Å². The second-order valence-electron chi connectivity index (χ2n) is 5.40. The maximum absolute atomic E-state index is 12.1. The molecule has 0 radical (unpaired) electrons. The van der Waals surface area contributed by atoms with Crippen LogP contribution in [0.1, 0.15) is 29.8 Å². The lowest BCUT2D eigenvalue weighted by molar-refractivity contribution is 0.0949. The fourth-order valence-electron chi connectivity index (χ4n) is 2.27. The second kappa shape index (κ2) is 5.94. The van der Waals surface area contributed by atoms with Crippen LogP contribution in [0, 0.1) is 5.92 Å². The summed E-state index contributed by atoms with van der Waals surface area (Å²) in [6, 6.07) is 5.42. The van der Waals surface area contributed by atoms with Gasteiger partial charge in [-0.15, -0.1) is 0 Å². The first-order valence-electron chi connectivity index (χ1n) is 6.93. The molecule has 0 saturated heterocycles. The van der Waals surface area contributed by atoms with Gasteiger partial charge >= 0.3 is 6.03 Å². The molecule has 0 unspecified atom stereocenters. The summed E-state index contributed by atoms with van der Waals surface area (Å²) in [6.45, 7) is 5.41. The number of hydrogen-bond donors (Lipinski definition) is 2. The van der Waals surface area contributed by atoms with Gasteiger partial charge in [0.2, 0.25) is 0 Å². The van der Waals surface area contributed by atoms with Gasteiger partial charge in [0.1, 0.15) is 0 Å². The highest BCUT2D eigenvalue weighted by Crippen LogP contribution is 2.29. The first-order valence-corrected chi connectivity index (χ1v) is 6.93. The van der Waals surface area contributed by atoms with Crippen LogP contribution in [0.4, 0.5) is 10.5 Å². The summed E-state index contributed by atoms with van der Waals surface area (Å²) in [5.41, 5.74) is 2.54. The molecule has 1 aliphatic heterocycles. The Balaban J connectivity index is 2.18. The fraction of sp³-hybridized carbons (Fsp3) is 0.467. The largest absolute Gasteiger partial charge is 0.352 e. The third-order valence-electron chi connectivity index (χ3n) is 3.37. The van der Waals surface area contributed by atoms with Gasteiger partial charge in [-0.05, 0) is 30.0 Å². The van der Waals surface area contributed by atoms with E-state index < -0.39 is 0 Å². The molecule has 108 valence electrons. The van der Waals surface area contributed by atoms with Crippen molar-refractivity contribution in [2.24, 2.45) is 5.92 Å². The van der Waals surface area contributed by atoms with Crippen molar-refractivity contribution in [1.82, 2.24) is 10.6 Å². The van der Waals surface area contributed by atoms with E-state index in [9.17, 15) is 9.59 Å². The Morgan fingerprint density at radius 2 is 2.10 bits per heavy atom. The molecule has 0 spiro atoms. The number of anilines is 1. The van der Waals surface area contributed by atoms with E-state index in [-0.39, 0.29) is 11.9 Å². The van der Waals surface area contributed by atoms with Crippen LogP contribution in [0.3, 0.4) is 0 Å². The number of urea groups is 1. The Morgan fingerprint density at radius 3 is 2.75 bits per heavy atom. The van der Waals surface area contributed by atoms with E-state index in [1.807, 2.05) is 12.1 Å². The average Bonchev–Trinajstić information content (AvgIpc) is 2.86. The molecule has 0 fully saturated rings. The molecule has 1 aliphatic rings. The van der Waals surface area contributed by atoms with Crippen LogP contribution in [0.5, 0.6) is 0 Å². The van der Waals surface area contributed by atoms with Crippen LogP contribution in [0.2, 0.25) is 0 Å². The number of benzene rings is 1. The van der Waals surface area contributed by atoms with Crippen LogP contribution in [0.15, 0.2) is 18.2 Å². The first kappa shape index (κ1) is 14.4. The molecule has 5 heteroatoms. The lowest BCUT2D eigenvalue weighted by atomic mass is 10.1. The van der Waals surface area contributed by atoms with Gasteiger partial charge in [-0.25, -0.2) is 4.79 Å². The normalized spacial score (nSPS) is 13.3. The molecule has 20 heavy (non-hydrogen) atoms. The van der Waals surface area contributed by atoms with E-state index in [2.05, 4.69) is 24.5 Å². The van der Waals surface area contributed by atoms with E-state index in [4.69, 9.17) is 0 Å². The predicted molar refractivity (Wildman–Crippen MR) is 79.1 cm³/mol. The van der Waals surface area contributed by atoms with Gasteiger partial charge in [0.15, 0.2) is 0 Å². The van der Waals surface area contributed by atoms with E-state index in [1.165, 1.54) is 0 Å². The summed E-state index contributed by atoms with van der Waals surface area (Å²) < 4.78 is 0. The number of nitrogens with zero attached hydrogens (tertiary/aromatic N) is 1. The molecule has 0 bridgehead atoms. The topological polar surface area (TPSA) is 61.4 Å². The average molecular weight is 275 g/mol. The van der Waals surface area contributed by atoms with Crippen molar-refractivity contribution in [1.29, 1.82) is 0 Å². The highest BCUT2D eigenvalue weighted by Gasteiger charge is 2.24. The van der Waals surface area contributed by atoms with Crippen molar-refractivity contribution in [2.45, 2.75) is 20.3 Å². The maximum Gasteiger partial charge on any atom is 0.321 e. The Labute approximate surface area is 119 Å². The molecule has 2 N–H and O–H groups in total. The zero-order valence-electron chi connectivity index (χ0n) is 12.2. The Hall–Kier alpha value is -2.04. The van der Waals surface area contributed by atoms with Crippen molar-refractivity contribution in [3.63, 3.8) is 0 Å². The number of nitrogens with one attached hydrogen (secondary N) is 2. The highest BCUT2D eigenvalue weighted by atomic mass is 16.2. The SMILES string of the molecule is CNC(=O)N1CCc2ccc(C(=O)NCC(C)C)cc21. The van der Waals surface area contributed by atoms with Gasteiger partial charge in [-0.2, -0.15) is 0 Å². The van der Waals surface area contributed by atoms with E-state index in [1.54, 1.807) is 18.0 Å². The minimum Gasteiger partial charge on any atom is -0.352 e. The zero-order chi connectivity index (χ0) is 14.7. The minimum atomic E-state index is -0.136. The van der Waals surface area contributed by atoms with E-state index in [0.717, 1.165) is 17.7 Å². The summed E-state index contributed by atoms with van der Waals surface area (Å²) in [4.78, 5) is 25.5. The van der Waals surface area contributed by atoms with E-state index in [0.29, 0.717) is 24.6 Å². The van der Waals surface area contributed by atoms with Crippen LogP contribution < -0.4 is 15.5 Å². The summed E-state index contributed by atoms with van der Waals surface area (Å²) in [5, 5.41) is 5.51. The fourth-order valence-corrected chi connectivity index (χ4v) is 2.27. The van der Waals surface area contributed by atoms with Gasteiger partial charge in [-0.1, -0.05) is 19.9 Å². The van der Waals surface area contributed by atoms with Crippen molar-refractivity contribution < 1.29 is 9.59 Å². The summed E-state index contributed by atoms with van der Waals surface area (Å²) in [5.74, 6) is 0.320. The molecule has 0 saturated carbocycles. The smallest absolute Gasteiger partial charge is 0.321 e. The summed E-state index contributed by atoms with van der Waals surface area (Å²) >= 11 is 0. The quantitative estimate of drug-likeness (QED) is 0.883. The number of amides is 3. The van der Waals surface area contributed by atoms with Gasteiger partial charge < -0.3 is 10.6 Å². The standard InChI is InChI=1S/C15H21N3O2/c1-10(2)9-17-14(19)12-5-4-11-6-7-18(13(11)8-12)15(20)16-3/h4-5,8,10H,6-7,9H2,1-3H3,(H,16,20)(H,17,19). The lowest BCUT2D eigenvalue weighted by Gasteiger charge is -2.17. The van der Waals surface area contributed by atoms with Crippen LogP contribution in [0.25, 0.3) is 0 Å². The number of hydrogen-bond acceptors (Lipinski definition) is 2. The van der Waals surface area contributed by atoms with Crippen LogP contribution in [-0.2, 0) is 6.42 Å². The predicted octanol–water partition coefficient (Wildman–Crippen LogP) is 1.77. The molecule has 5 nitrogen and oxygen atoms in total. The molecule has 1 heterocycles. The van der Waals surface area contributed by atoms with Crippen molar-refractivity contribution in [3.05, 3.63) is 29.3 Å². The Bertz CT molecular complexity index is 526. The maximum atomic E-state index is 12.1. The zero-order valence-corrected chi connectivity index (χ0v) is 12.2. The molecule has 0 atom stereocenters. The number of carbonyl (C=O) groups excluding carboxylic acids is 2. The lowest BCUT2D eigenvalue weighted by Crippen LogP contribution is -2.36. The molecule has 2 rings (SSSR count). The second-order valence-corrected chi connectivity index (χ2v) is 5.40. The highest BCUT2D eigenvalue weighted by molar-refractivity contribution is 5.99. The molecule has 1 aromatic rings. The van der Waals surface area contributed by atoms with Gasteiger partial charge in [0.05, 0.1) is 0 Å². The Morgan fingerprint density at radius 1 is 1.35 bits per heavy atom. The third-order valence-corrected chi connectivity index (χ3v) is 3.37. The first-order chi connectivity index (χ1) is 9.52. The molecular weight excluding hydrogens is 254 g/mol. The van der Waals surface area contributed by atoms with Crippen LogP contribution >= 0.6 is 0 Å². The minimum absolute atomic E-state index is 0.0924. The summed E-state index contributed by atoms with van der Waals surface area (Å²) in [6.07, 6.45) is 0.830. The third kappa shape index (κ3) is 2.92. The molecular formula is C15H21N3O2. The van der Waals surface area contributed by atoms with Crippen molar-refractivity contribution in [2.75, 3.05) is 25.0 Å². The Kier molecular flexibility index (Phi) is 4.27. The van der Waals surface area contributed by atoms with Crippen molar-refractivity contribution in [3.8, 4) is 0 Å². The molecule has 0 aliphatic carbocycles. The number of rotatable bonds is 3. The molecule has 3 amide bonds. The van der Waals surface area contributed by atoms with Crippen molar-refractivity contribution >= 4 is 17.6 Å². The van der Waals surface area contributed by atoms with Crippen LogP contribution in [-0.4, -0.2) is 32.1 Å². The van der Waals surface area contributed by atoms with E-state index >= 15 is 0 Å².